The zero-order valence-corrected chi connectivity index (χ0v) is 9.47. The summed E-state index contributed by atoms with van der Waals surface area (Å²) in [7, 11) is 0. The van der Waals surface area contributed by atoms with E-state index in [1.54, 1.807) is 0 Å². The molecule has 0 aromatic heterocycles. The van der Waals surface area contributed by atoms with Gasteiger partial charge in [0, 0.05) is 0 Å². The second-order valence-corrected chi connectivity index (χ2v) is 3.84. The summed E-state index contributed by atoms with van der Waals surface area (Å²) in [4.78, 5) is 0. The maximum atomic E-state index is 3.33. The van der Waals surface area contributed by atoms with E-state index in [0.717, 1.165) is 6.42 Å². The Bertz CT molecular complexity index is 250. The monoisotopic (exact) mass is 189 g/mol. The van der Waals surface area contributed by atoms with Gasteiger partial charge < -0.3 is 0 Å². The van der Waals surface area contributed by atoms with Crippen LogP contribution in [0, 0.1) is 6.07 Å². The molecule has 0 bridgehead atoms. The molecule has 0 atom stereocenters. The lowest BCUT2D eigenvalue weighted by Gasteiger charge is -2.06. The van der Waals surface area contributed by atoms with Crippen molar-refractivity contribution >= 4 is 0 Å². The van der Waals surface area contributed by atoms with Gasteiger partial charge in [0.05, 0.1) is 0 Å². The van der Waals surface area contributed by atoms with Crippen LogP contribution < -0.4 is 0 Å². The van der Waals surface area contributed by atoms with Crippen molar-refractivity contribution in [2.24, 2.45) is 0 Å². The van der Waals surface area contributed by atoms with E-state index in [1.165, 1.54) is 43.2 Å². The average Bonchev–Trinajstić information content (AvgIpc) is 2.25. The largest absolute Gasteiger partial charge is 0.0654 e. The van der Waals surface area contributed by atoms with E-state index < -0.39 is 0 Å². The summed E-state index contributed by atoms with van der Waals surface area (Å²) >= 11 is 0. The third-order valence-corrected chi connectivity index (χ3v) is 2.69. The van der Waals surface area contributed by atoms with Gasteiger partial charge in [-0.25, -0.2) is 0 Å². The molecule has 0 spiro atoms. The molecular formula is C14H21. The number of hydrogen-bond donors (Lipinski definition) is 0. The molecule has 0 unspecified atom stereocenters. The van der Waals surface area contributed by atoms with Gasteiger partial charge in [0.25, 0.3) is 0 Å². The van der Waals surface area contributed by atoms with Crippen molar-refractivity contribution in [1.82, 2.24) is 0 Å². The van der Waals surface area contributed by atoms with Gasteiger partial charge in [0.1, 0.15) is 0 Å². The minimum Gasteiger partial charge on any atom is -0.0654 e. The molecule has 0 aliphatic rings. The van der Waals surface area contributed by atoms with E-state index in [1.807, 2.05) is 6.07 Å². The van der Waals surface area contributed by atoms with E-state index in [9.17, 15) is 0 Å². The lowest BCUT2D eigenvalue weighted by atomic mass is 9.99. The van der Waals surface area contributed by atoms with E-state index in [4.69, 9.17) is 0 Å². The first kappa shape index (κ1) is 11.3. The summed E-state index contributed by atoms with van der Waals surface area (Å²) < 4.78 is 0. The van der Waals surface area contributed by atoms with Crippen molar-refractivity contribution in [1.29, 1.82) is 0 Å². The first-order chi connectivity index (χ1) is 6.88. The van der Waals surface area contributed by atoms with Crippen molar-refractivity contribution in [3.63, 3.8) is 0 Å². The van der Waals surface area contributed by atoms with Gasteiger partial charge >= 0.3 is 0 Å². The Morgan fingerprint density at radius 2 is 2.00 bits per heavy atom. The molecule has 0 saturated heterocycles. The molecule has 1 aromatic rings. The summed E-state index contributed by atoms with van der Waals surface area (Å²) in [6, 6.07) is 9.71. The summed E-state index contributed by atoms with van der Waals surface area (Å²) in [5.74, 6) is 0. The van der Waals surface area contributed by atoms with E-state index in [0.29, 0.717) is 0 Å². The van der Waals surface area contributed by atoms with Crippen LogP contribution in [0.3, 0.4) is 0 Å². The molecule has 0 N–H and O–H groups in total. The number of aryl methyl sites for hydroxylation is 2. The van der Waals surface area contributed by atoms with Crippen molar-refractivity contribution in [2.45, 2.75) is 52.4 Å². The van der Waals surface area contributed by atoms with Crippen LogP contribution in [0.2, 0.25) is 0 Å². The Morgan fingerprint density at radius 1 is 1.14 bits per heavy atom. The zero-order valence-electron chi connectivity index (χ0n) is 9.47. The minimum absolute atomic E-state index is 1.12. The molecule has 0 saturated carbocycles. The molecule has 0 amide bonds. The third kappa shape index (κ3) is 3.53. The van der Waals surface area contributed by atoms with Crippen molar-refractivity contribution in [3.05, 3.63) is 35.4 Å². The fourth-order valence-electron chi connectivity index (χ4n) is 1.81. The molecule has 0 nitrogen and oxygen atoms in total. The molecule has 14 heavy (non-hydrogen) atoms. The molecule has 1 aromatic carbocycles. The fraction of sp³-hybridized carbons (Fsp3) is 0.571. The van der Waals surface area contributed by atoms with Gasteiger partial charge in [-0.1, -0.05) is 51.3 Å². The summed E-state index contributed by atoms with van der Waals surface area (Å²) in [6.07, 6.45) is 7.75. The van der Waals surface area contributed by atoms with Gasteiger partial charge in [0.2, 0.25) is 0 Å². The Morgan fingerprint density at radius 3 is 2.71 bits per heavy atom. The SMILES string of the molecule is CCCCCCc1ccc[c]c1CC. The van der Waals surface area contributed by atoms with Crippen LogP contribution in [-0.4, -0.2) is 0 Å². The number of hydrogen-bond acceptors (Lipinski definition) is 0. The molecule has 0 heteroatoms. The van der Waals surface area contributed by atoms with Crippen LogP contribution >= 0.6 is 0 Å². The lowest BCUT2D eigenvalue weighted by molar-refractivity contribution is 0.664. The van der Waals surface area contributed by atoms with Gasteiger partial charge in [-0.15, -0.1) is 0 Å². The number of benzene rings is 1. The normalized spacial score (nSPS) is 10.4. The molecule has 0 aliphatic carbocycles. The molecule has 0 heterocycles. The van der Waals surface area contributed by atoms with Gasteiger partial charge in [-0.05, 0) is 36.5 Å². The lowest BCUT2D eigenvalue weighted by Crippen LogP contribution is -1.92. The summed E-state index contributed by atoms with van der Waals surface area (Å²) in [5, 5.41) is 0. The molecule has 0 fully saturated rings. The average molecular weight is 189 g/mol. The van der Waals surface area contributed by atoms with Crippen LogP contribution in [0.5, 0.6) is 0 Å². The smallest absolute Gasteiger partial charge is 0.0146 e. The fourth-order valence-corrected chi connectivity index (χ4v) is 1.81. The summed E-state index contributed by atoms with van der Waals surface area (Å²) in [6.45, 7) is 4.47. The van der Waals surface area contributed by atoms with E-state index in [-0.39, 0.29) is 0 Å². The van der Waals surface area contributed by atoms with Crippen LogP contribution in [0.15, 0.2) is 18.2 Å². The van der Waals surface area contributed by atoms with Crippen molar-refractivity contribution < 1.29 is 0 Å². The number of unbranched alkanes of at least 4 members (excludes halogenated alkanes) is 3. The molecule has 1 radical (unpaired) electrons. The van der Waals surface area contributed by atoms with Crippen LogP contribution in [0.25, 0.3) is 0 Å². The van der Waals surface area contributed by atoms with E-state index in [2.05, 4.69) is 32.0 Å². The standard InChI is InChI=1S/C14H21/c1-3-5-6-7-11-14-12-9-8-10-13(14)4-2/h8-9,12H,3-7,11H2,1-2H3. The quantitative estimate of drug-likeness (QED) is 0.589. The van der Waals surface area contributed by atoms with Crippen LogP contribution in [0.1, 0.15) is 50.7 Å². The topological polar surface area (TPSA) is 0 Å². The van der Waals surface area contributed by atoms with Crippen molar-refractivity contribution in [3.8, 4) is 0 Å². The highest BCUT2D eigenvalue weighted by Crippen LogP contribution is 2.13. The van der Waals surface area contributed by atoms with Crippen LogP contribution in [-0.2, 0) is 12.8 Å². The van der Waals surface area contributed by atoms with Crippen LogP contribution in [0.4, 0.5) is 0 Å². The Labute approximate surface area is 88.4 Å². The van der Waals surface area contributed by atoms with Gasteiger partial charge in [0.15, 0.2) is 0 Å². The second-order valence-electron chi connectivity index (χ2n) is 3.84. The van der Waals surface area contributed by atoms with Gasteiger partial charge in [-0.2, -0.15) is 0 Å². The first-order valence-electron chi connectivity index (χ1n) is 5.87. The predicted molar refractivity (Wildman–Crippen MR) is 62.5 cm³/mol. The molecule has 1 rings (SSSR count). The molecular weight excluding hydrogens is 168 g/mol. The third-order valence-electron chi connectivity index (χ3n) is 2.69. The highest BCUT2D eigenvalue weighted by Gasteiger charge is 1.98. The Balaban J connectivity index is 2.41. The Kier molecular flexibility index (Phi) is 5.36. The highest BCUT2D eigenvalue weighted by molar-refractivity contribution is 5.25. The predicted octanol–water partition coefficient (Wildman–Crippen LogP) is 4.17. The highest BCUT2D eigenvalue weighted by atomic mass is 14.0. The van der Waals surface area contributed by atoms with Crippen molar-refractivity contribution in [2.75, 3.05) is 0 Å². The molecule has 77 valence electrons. The molecule has 0 aliphatic heterocycles. The van der Waals surface area contributed by atoms with Gasteiger partial charge in [-0.3, -0.25) is 0 Å². The summed E-state index contributed by atoms with van der Waals surface area (Å²) in [5.41, 5.74) is 2.91. The maximum absolute atomic E-state index is 3.33. The second kappa shape index (κ2) is 6.64. The maximum Gasteiger partial charge on any atom is -0.0146 e. The Hall–Kier alpha value is -0.780. The number of rotatable bonds is 6. The minimum atomic E-state index is 1.12. The first-order valence-corrected chi connectivity index (χ1v) is 5.87. The zero-order chi connectivity index (χ0) is 10.2. The van der Waals surface area contributed by atoms with E-state index >= 15 is 0 Å².